The van der Waals surface area contributed by atoms with Gasteiger partial charge in [-0.1, -0.05) is 34.7 Å². The van der Waals surface area contributed by atoms with Gasteiger partial charge < -0.3 is 35.4 Å². The zero-order chi connectivity index (χ0) is 22.2. The van der Waals surface area contributed by atoms with Gasteiger partial charge in [-0.15, -0.1) is 0 Å². The van der Waals surface area contributed by atoms with Crippen molar-refractivity contribution >= 4 is 28.5 Å². The van der Waals surface area contributed by atoms with Crippen molar-refractivity contribution in [1.29, 1.82) is 0 Å². The van der Waals surface area contributed by atoms with Crippen LogP contribution in [-0.2, 0) is 16.0 Å². The van der Waals surface area contributed by atoms with Crippen LogP contribution in [-0.4, -0.2) is 64.1 Å². The number of benzene rings is 2. The third-order valence-corrected chi connectivity index (χ3v) is 5.98. The number of halogens is 1. The number of nitrogens with one attached hydrogen (secondary N) is 2. The lowest BCUT2D eigenvalue weighted by Crippen LogP contribution is -2.45. The molecule has 1 aliphatic rings. The van der Waals surface area contributed by atoms with Gasteiger partial charge in [0, 0.05) is 29.6 Å². The highest BCUT2D eigenvalue weighted by Crippen LogP contribution is 2.24. The average Bonchev–Trinajstić information content (AvgIpc) is 2.76. The van der Waals surface area contributed by atoms with Crippen LogP contribution in [0.4, 0.5) is 0 Å². The topological polar surface area (TPSA) is 120 Å². The summed E-state index contributed by atoms with van der Waals surface area (Å²) in [5.41, 5.74) is 1.59. The van der Waals surface area contributed by atoms with E-state index in [-0.39, 0.29) is 36.2 Å². The predicted molar refractivity (Wildman–Crippen MR) is 124 cm³/mol. The maximum atomic E-state index is 11.1. The molecule has 1 saturated heterocycles. The highest BCUT2D eigenvalue weighted by atomic mass is 127. The Morgan fingerprint density at radius 3 is 2.52 bits per heavy atom. The molecule has 3 atom stereocenters. The number of alkyl halides is 1. The number of phenolic OH excluding ortho intramolecular Hbond substituents is 2. The second-order valence-corrected chi connectivity index (χ2v) is 8.33. The summed E-state index contributed by atoms with van der Waals surface area (Å²) in [6.07, 6.45) is -0.213. The maximum Gasteiger partial charge on any atom is 0.246 e. The van der Waals surface area contributed by atoms with Gasteiger partial charge in [-0.25, -0.2) is 0 Å². The van der Waals surface area contributed by atoms with Crippen LogP contribution in [0.25, 0.3) is 0 Å². The lowest BCUT2D eigenvalue weighted by Gasteiger charge is -2.23. The van der Waals surface area contributed by atoms with Crippen LogP contribution in [0.1, 0.15) is 17.2 Å². The summed E-state index contributed by atoms with van der Waals surface area (Å²) in [5.74, 6) is 0.470. The van der Waals surface area contributed by atoms with Crippen molar-refractivity contribution in [3.63, 3.8) is 0 Å². The van der Waals surface area contributed by atoms with Crippen LogP contribution < -0.4 is 15.4 Å². The lowest BCUT2D eigenvalue weighted by atomic mass is 10.1. The summed E-state index contributed by atoms with van der Waals surface area (Å²) in [5, 5.41) is 35.6. The Labute approximate surface area is 194 Å². The second kappa shape index (κ2) is 11.5. The van der Waals surface area contributed by atoms with Gasteiger partial charge in [0.1, 0.15) is 36.6 Å². The molecule has 5 N–H and O–H groups in total. The van der Waals surface area contributed by atoms with Gasteiger partial charge in [0.15, 0.2) is 0 Å². The minimum Gasteiger partial charge on any atom is -0.508 e. The lowest BCUT2D eigenvalue weighted by molar-refractivity contribution is -0.134. The Morgan fingerprint density at radius 2 is 1.90 bits per heavy atom. The van der Waals surface area contributed by atoms with E-state index in [1.165, 1.54) is 18.2 Å². The molecule has 1 heterocycles. The van der Waals surface area contributed by atoms with E-state index in [1.54, 1.807) is 0 Å². The molecule has 2 aromatic rings. The first-order valence-corrected chi connectivity index (χ1v) is 11.6. The fraction of sp³-hybridized carbons (Fsp3) is 0.409. The molecule has 31 heavy (non-hydrogen) atoms. The summed E-state index contributed by atoms with van der Waals surface area (Å²) in [6.45, 7) is 1.20. The summed E-state index contributed by atoms with van der Waals surface area (Å²) < 4.78 is 12.0. The number of aromatic hydroxyl groups is 2. The van der Waals surface area contributed by atoms with E-state index < -0.39 is 6.10 Å². The molecule has 0 radical (unpaired) electrons. The molecule has 2 aromatic carbocycles. The smallest absolute Gasteiger partial charge is 0.246 e. The molecule has 1 fully saturated rings. The number of aliphatic hydroxyl groups is 1. The molecule has 1 amide bonds. The van der Waals surface area contributed by atoms with Gasteiger partial charge in [0.2, 0.25) is 5.91 Å². The van der Waals surface area contributed by atoms with Gasteiger partial charge in [-0.3, -0.25) is 4.79 Å². The van der Waals surface area contributed by atoms with Gasteiger partial charge >= 0.3 is 0 Å². The molecule has 0 saturated carbocycles. The maximum absolute atomic E-state index is 11.1. The summed E-state index contributed by atoms with van der Waals surface area (Å²) in [4.78, 5) is 11.1. The van der Waals surface area contributed by atoms with Crippen molar-refractivity contribution in [3.8, 4) is 17.2 Å². The molecule has 0 aliphatic carbocycles. The van der Waals surface area contributed by atoms with Crippen molar-refractivity contribution in [2.75, 3.05) is 30.7 Å². The van der Waals surface area contributed by atoms with Crippen molar-refractivity contribution < 1.29 is 29.6 Å². The standard InChI is InChI=1S/C22H27IN2O6/c23-9-16(24-11-21(28)15-6-17(26)8-18(27)7-15)5-14-1-3-19(4-2-14)30-12-20-10-25-22(29)13-31-20/h1-4,6-8,16,20-21,24,26-28H,5,9-13H2,(H,25,29). The van der Waals surface area contributed by atoms with E-state index in [4.69, 9.17) is 9.47 Å². The molecule has 1 aliphatic heterocycles. The highest BCUT2D eigenvalue weighted by molar-refractivity contribution is 14.1. The van der Waals surface area contributed by atoms with E-state index in [2.05, 4.69) is 33.2 Å². The van der Waals surface area contributed by atoms with E-state index in [0.717, 1.165) is 22.2 Å². The quantitative estimate of drug-likeness (QED) is 0.229. The Balaban J connectivity index is 1.45. The number of phenols is 2. The van der Waals surface area contributed by atoms with Crippen molar-refractivity contribution in [2.45, 2.75) is 24.7 Å². The summed E-state index contributed by atoms with van der Waals surface area (Å²) >= 11 is 2.30. The third kappa shape index (κ3) is 7.53. The zero-order valence-electron chi connectivity index (χ0n) is 17.0. The van der Waals surface area contributed by atoms with Crippen LogP contribution in [0.15, 0.2) is 42.5 Å². The Bertz CT molecular complexity index is 833. The van der Waals surface area contributed by atoms with E-state index >= 15 is 0 Å². The molecular formula is C22H27IN2O6. The van der Waals surface area contributed by atoms with Crippen LogP contribution in [0.2, 0.25) is 0 Å². The Morgan fingerprint density at radius 1 is 1.19 bits per heavy atom. The predicted octanol–water partition coefficient (Wildman–Crippen LogP) is 1.66. The monoisotopic (exact) mass is 542 g/mol. The minimum atomic E-state index is -0.842. The van der Waals surface area contributed by atoms with Gasteiger partial charge in [0.05, 0.1) is 6.10 Å². The number of hydrogen-bond donors (Lipinski definition) is 5. The van der Waals surface area contributed by atoms with Crippen LogP contribution >= 0.6 is 22.6 Å². The number of amides is 1. The summed E-state index contributed by atoms with van der Waals surface area (Å²) in [7, 11) is 0. The molecule has 0 aromatic heterocycles. The summed E-state index contributed by atoms with van der Waals surface area (Å²) in [6, 6.07) is 12.1. The van der Waals surface area contributed by atoms with Crippen molar-refractivity contribution in [1.82, 2.24) is 10.6 Å². The first kappa shape index (κ1) is 23.6. The number of hydrogen-bond acceptors (Lipinski definition) is 7. The molecule has 168 valence electrons. The highest BCUT2D eigenvalue weighted by Gasteiger charge is 2.19. The molecular weight excluding hydrogens is 515 g/mol. The van der Waals surface area contributed by atoms with Crippen LogP contribution in [0.5, 0.6) is 17.2 Å². The number of morpholine rings is 1. The molecule has 0 bridgehead atoms. The largest absolute Gasteiger partial charge is 0.508 e. The SMILES string of the molecule is O=C1COC(COc2ccc(CC(CI)NCC(O)c3cc(O)cc(O)c3)cc2)CN1. The molecule has 3 unspecified atom stereocenters. The van der Waals surface area contributed by atoms with E-state index in [1.807, 2.05) is 24.3 Å². The first-order valence-electron chi connectivity index (χ1n) is 10.0. The number of carbonyl (C=O) groups excluding carboxylic acids is 1. The zero-order valence-corrected chi connectivity index (χ0v) is 19.1. The van der Waals surface area contributed by atoms with Gasteiger partial charge in [-0.2, -0.15) is 0 Å². The third-order valence-electron chi connectivity index (χ3n) is 4.91. The average molecular weight is 542 g/mol. The molecule has 9 heteroatoms. The van der Waals surface area contributed by atoms with Crippen LogP contribution in [0.3, 0.4) is 0 Å². The fourth-order valence-corrected chi connectivity index (χ4v) is 3.84. The van der Waals surface area contributed by atoms with Gasteiger partial charge in [0.25, 0.3) is 0 Å². The number of rotatable bonds is 10. The van der Waals surface area contributed by atoms with Crippen molar-refractivity contribution in [3.05, 3.63) is 53.6 Å². The van der Waals surface area contributed by atoms with Crippen LogP contribution in [0, 0.1) is 0 Å². The first-order chi connectivity index (χ1) is 14.9. The number of ether oxygens (including phenoxy) is 2. The fourth-order valence-electron chi connectivity index (χ4n) is 3.22. The molecule has 3 rings (SSSR count). The number of aliphatic hydroxyl groups excluding tert-OH is 1. The van der Waals surface area contributed by atoms with E-state index in [0.29, 0.717) is 25.3 Å². The normalized spacial score (nSPS) is 18.3. The van der Waals surface area contributed by atoms with E-state index in [9.17, 15) is 20.1 Å². The number of carbonyl (C=O) groups is 1. The molecule has 0 spiro atoms. The van der Waals surface area contributed by atoms with Crippen molar-refractivity contribution in [2.24, 2.45) is 0 Å². The second-order valence-electron chi connectivity index (χ2n) is 7.45. The van der Waals surface area contributed by atoms with Gasteiger partial charge in [-0.05, 0) is 41.8 Å². The Kier molecular flexibility index (Phi) is 8.76. The Hall–Kier alpha value is -2.08. The molecule has 8 nitrogen and oxygen atoms in total. The minimum absolute atomic E-state index is 0.0684.